The van der Waals surface area contributed by atoms with Crippen LogP contribution in [-0.4, -0.2) is 24.2 Å². The number of carboxylic acid groups (broad SMARTS) is 1. The van der Waals surface area contributed by atoms with E-state index in [0.717, 1.165) is 40.6 Å². The molecule has 1 aromatic rings. The molecule has 2 fully saturated rings. The number of halogens is 1. The summed E-state index contributed by atoms with van der Waals surface area (Å²) in [6.07, 6.45) is 8.25. The van der Waals surface area contributed by atoms with Crippen LogP contribution in [0.15, 0.2) is 28.7 Å². The van der Waals surface area contributed by atoms with E-state index in [1.807, 2.05) is 12.1 Å². The predicted molar refractivity (Wildman–Crippen MR) is 88.5 cm³/mol. The Labute approximate surface area is 133 Å². The van der Waals surface area contributed by atoms with Gasteiger partial charge in [-0.05, 0) is 67.4 Å². The summed E-state index contributed by atoms with van der Waals surface area (Å²) in [4.78, 5) is 13.3. The second-order valence-electron chi connectivity index (χ2n) is 6.17. The molecule has 1 aromatic carbocycles. The lowest BCUT2D eigenvalue weighted by molar-refractivity contribution is -0.131. The third-order valence-corrected chi connectivity index (χ3v) is 4.58. The molecule has 2 saturated carbocycles. The minimum atomic E-state index is -0.906. The Bertz CT molecular complexity index is 548. The first-order chi connectivity index (χ1) is 10.1. The second kappa shape index (κ2) is 6.22. The Morgan fingerprint density at radius 3 is 2.38 bits per heavy atom. The maximum absolute atomic E-state index is 10.8. The van der Waals surface area contributed by atoms with Crippen molar-refractivity contribution in [1.82, 2.24) is 0 Å². The van der Waals surface area contributed by atoms with Gasteiger partial charge in [-0.3, -0.25) is 0 Å². The van der Waals surface area contributed by atoms with Crippen LogP contribution < -0.4 is 4.90 Å². The van der Waals surface area contributed by atoms with Crippen LogP contribution in [0.25, 0.3) is 6.08 Å². The van der Waals surface area contributed by atoms with Crippen molar-refractivity contribution in [2.24, 2.45) is 11.8 Å². The lowest BCUT2D eigenvalue weighted by Crippen LogP contribution is -2.28. The maximum Gasteiger partial charge on any atom is 0.328 e. The number of hydrogen-bond donors (Lipinski definition) is 1. The van der Waals surface area contributed by atoms with Gasteiger partial charge in [0.1, 0.15) is 0 Å². The van der Waals surface area contributed by atoms with Crippen LogP contribution in [0.1, 0.15) is 31.2 Å². The highest BCUT2D eigenvalue weighted by Crippen LogP contribution is 2.37. The molecule has 112 valence electrons. The van der Waals surface area contributed by atoms with Crippen molar-refractivity contribution in [1.29, 1.82) is 0 Å². The number of anilines is 1. The molecule has 0 aliphatic heterocycles. The van der Waals surface area contributed by atoms with E-state index in [0.29, 0.717) is 0 Å². The quantitative estimate of drug-likeness (QED) is 0.751. The highest BCUT2D eigenvalue weighted by atomic mass is 79.9. The molecule has 1 N–H and O–H groups in total. The van der Waals surface area contributed by atoms with E-state index in [1.54, 1.807) is 6.08 Å². The summed E-state index contributed by atoms with van der Waals surface area (Å²) in [6, 6.07) is 6.15. The summed E-state index contributed by atoms with van der Waals surface area (Å²) < 4.78 is 0.981. The standard InChI is InChI=1S/C17H20BrNO2/c18-15-6-7-16(14(9-15)5-8-17(20)21)19(10-12-1-2-12)11-13-3-4-13/h5-9,12-13H,1-4,10-11H2,(H,20,21)/b8-5+. The number of carbonyl (C=O) groups is 1. The van der Waals surface area contributed by atoms with E-state index in [-0.39, 0.29) is 0 Å². The van der Waals surface area contributed by atoms with Crippen LogP contribution >= 0.6 is 15.9 Å². The Hall–Kier alpha value is -1.29. The first-order valence-electron chi connectivity index (χ1n) is 7.57. The molecule has 0 amide bonds. The van der Waals surface area contributed by atoms with Gasteiger partial charge in [-0.25, -0.2) is 4.79 Å². The van der Waals surface area contributed by atoms with Crippen molar-refractivity contribution in [2.75, 3.05) is 18.0 Å². The van der Waals surface area contributed by atoms with Crippen LogP contribution in [0.3, 0.4) is 0 Å². The van der Waals surface area contributed by atoms with Gasteiger partial charge in [0.05, 0.1) is 0 Å². The summed E-state index contributed by atoms with van der Waals surface area (Å²) in [5.74, 6) is 0.740. The largest absolute Gasteiger partial charge is 0.478 e. The molecule has 3 rings (SSSR count). The van der Waals surface area contributed by atoms with Gasteiger partial charge in [0, 0.05) is 29.3 Å². The molecule has 0 unspecified atom stereocenters. The Balaban J connectivity index is 1.86. The van der Waals surface area contributed by atoms with Gasteiger partial charge in [-0.2, -0.15) is 0 Å². The maximum atomic E-state index is 10.8. The molecule has 0 radical (unpaired) electrons. The van der Waals surface area contributed by atoms with Gasteiger partial charge >= 0.3 is 5.97 Å². The molecule has 4 heteroatoms. The van der Waals surface area contributed by atoms with Gasteiger partial charge < -0.3 is 10.0 Å². The lowest BCUT2D eigenvalue weighted by Gasteiger charge is -2.27. The minimum absolute atomic E-state index is 0.823. The Kier molecular flexibility index (Phi) is 4.34. The van der Waals surface area contributed by atoms with Gasteiger partial charge in [0.2, 0.25) is 0 Å². The third kappa shape index (κ3) is 4.34. The topological polar surface area (TPSA) is 40.5 Å². The smallest absolute Gasteiger partial charge is 0.328 e. The van der Waals surface area contributed by atoms with Crippen molar-refractivity contribution < 1.29 is 9.90 Å². The normalized spacial score (nSPS) is 18.1. The average Bonchev–Trinajstić information content (AvgIpc) is 3.31. The zero-order valence-corrected chi connectivity index (χ0v) is 13.6. The summed E-state index contributed by atoms with van der Waals surface area (Å²) in [5, 5.41) is 8.87. The number of rotatable bonds is 7. The summed E-state index contributed by atoms with van der Waals surface area (Å²) in [5.41, 5.74) is 2.14. The predicted octanol–water partition coefficient (Wildman–Crippen LogP) is 4.17. The van der Waals surface area contributed by atoms with Crippen LogP contribution in [0.4, 0.5) is 5.69 Å². The second-order valence-corrected chi connectivity index (χ2v) is 7.08. The SMILES string of the molecule is O=C(O)/C=C/c1cc(Br)ccc1N(CC1CC1)CC1CC1. The average molecular weight is 350 g/mol. The molecular formula is C17H20BrNO2. The van der Waals surface area contributed by atoms with Crippen molar-refractivity contribution >= 4 is 33.7 Å². The van der Waals surface area contributed by atoms with E-state index in [9.17, 15) is 4.79 Å². The third-order valence-electron chi connectivity index (χ3n) is 4.09. The number of hydrogen-bond acceptors (Lipinski definition) is 2. The lowest BCUT2D eigenvalue weighted by atomic mass is 10.1. The molecule has 0 spiro atoms. The zero-order valence-electron chi connectivity index (χ0n) is 12.0. The Morgan fingerprint density at radius 2 is 1.86 bits per heavy atom. The van der Waals surface area contributed by atoms with Crippen molar-refractivity contribution in [3.8, 4) is 0 Å². The molecule has 0 bridgehead atoms. The van der Waals surface area contributed by atoms with Crippen molar-refractivity contribution in [2.45, 2.75) is 25.7 Å². The molecule has 3 nitrogen and oxygen atoms in total. The summed E-state index contributed by atoms with van der Waals surface area (Å²) in [7, 11) is 0. The number of nitrogens with zero attached hydrogens (tertiary/aromatic N) is 1. The fraction of sp³-hybridized carbons (Fsp3) is 0.471. The molecular weight excluding hydrogens is 330 g/mol. The summed E-state index contributed by atoms with van der Waals surface area (Å²) in [6.45, 7) is 2.21. The monoisotopic (exact) mass is 349 g/mol. The van der Waals surface area contributed by atoms with Crippen molar-refractivity contribution in [3.63, 3.8) is 0 Å². The Morgan fingerprint density at radius 1 is 1.24 bits per heavy atom. The fourth-order valence-electron chi connectivity index (χ4n) is 2.60. The van der Waals surface area contributed by atoms with E-state index >= 15 is 0 Å². The molecule has 0 atom stereocenters. The highest BCUT2D eigenvalue weighted by molar-refractivity contribution is 9.10. The zero-order chi connectivity index (χ0) is 14.8. The molecule has 2 aliphatic rings. The first kappa shape index (κ1) is 14.6. The van der Waals surface area contributed by atoms with Crippen LogP contribution in [-0.2, 0) is 4.79 Å². The van der Waals surface area contributed by atoms with Gasteiger partial charge in [0.25, 0.3) is 0 Å². The van der Waals surface area contributed by atoms with E-state index in [4.69, 9.17) is 5.11 Å². The molecule has 21 heavy (non-hydrogen) atoms. The van der Waals surface area contributed by atoms with E-state index < -0.39 is 5.97 Å². The van der Waals surface area contributed by atoms with Crippen LogP contribution in [0.2, 0.25) is 0 Å². The number of aliphatic carboxylic acids is 1. The highest BCUT2D eigenvalue weighted by Gasteiger charge is 2.30. The molecule has 2 aliphatic carbocycles. The van der Waals surface area contributed by atoms with Crippen LogP contribution in [0, 0.1) is 11.8 Å². The van der Waals surface area contributed by atoms with E-state index in [2.05, 4.69) is 26.9 Å². The molecule has 0 saturated heterocycles. The number of benzene rings is 1. The first-order valence-corrected chi connectivity index (χ1v) is 8.36. The van der Waals surface area contributed by atoms with Gasteiger partial charge in [-0.15, -0.1) is 0 Å². The van der Waals surface area contributed by atoms with Crippen molar-refractivity contribution in [3.05, 3.63) is 34.3 Å². The minimum Gasteiger partial charge on any atom is -0.478 e. The van der Waals surface area contributed by atoms with Gasteiger partial charge in [-0.1, -0.05) is 15.9 Å². The van der Waals surface area contributed by atoms with Crippen LogP contribution in [0.5, 0.6) is 0 Å². The molecule has 0 aromatic heterocycles. The summed E-state index contributed by atoms with van der Waals surface area (Å²) >= 11 is 3.48. The van der Waals surface area contributed by atoms with Gasteiger partial charge in [0.15, 0.2) is 0 Å². The molecule has 0 heterocycles. The fourth-order valence-corrected chi connectivity index (χ4v) is 2.98. The number of carboxylic acids is 1. The van der Waals surface area contributed by atoms with E-state index in [1.165, 1.54) is 31.8 Å².